The first-order valence-electron chi connectivity index (χ1n) is 5.18. The van der Waals surface area contributed by atoms with Gasteiger partial charge in [-0.1, -0.05) is 35.9 Å². The molecule has 0 bridgehead atoms. The van der Waals surface area contributed by atoms with Crippen molar-refractivity contribution in [2.24, 2.45) is 0 Å². The van der Waals surface area contributed by atoms with Gasteiger partial charge in [0.2, 0.25) is 0 Å². The van der Waals surface area contributed by atoms with E-state index in [0.717, 1.165) is 17.2 Å². The van der Waals surface area contributed by atoms with E-state index < -0.39 is 11.8 Å². The van der Waals surface area contributed by atoms with Crippen LogP contribution in [0.4, 0.5) is 4.39 Å². The second kappa shape index (κ2) is 4.37. The van der Waals surface area contributed by atoms with Gasteiger partial charge in [0.15, 0.2) is 0 Å². The fourth-order valence-corrected chi connectivity index (χ4v) is 1.69. The summed E-state index contributed by atoms with van der Waals surface area (Å²) in [6, 6.07) is 11.4. The summed E-state index contributed by atoms with van der Waals surface area (Å²) in [7, 11) is 0. The Morgan fingerprint density at radius 3 is 2.53 bits per heavy atom. The summed E-state index contributed by atoms with van der Waals surface area (Å²) < 4.78 is 13.8. The number of aryl methyl sites for hydroxylation is 1. The summed E-state index contributed by atoms with van der Waals surface area (Å²) in [5.74, 6) is -1.64. The Balaban J connectivity index is 2.50. The molecule has 0 radical (unpaired) electrons. The molecule has 0 saturated heterocycles. The van der Waals surface area contributed by atoms with Gasteiger partial charge in [-0.3, -0.25) is 0 Å². The number of carboxylic acids is 1. The predicted molar refractivity (Wildman–Crippen MR) is 63.5 cm³/mol. The van der Waals surface area contributed by atoms with E-state index in [-0.39, 0.29) is 5.56 Å². The minimum absolute atomic E-state index is 0.0427. The summed E-state index contributed by atoms with van der Waals surface area (Å²) >= 11 is 0. The summed E-state index contributed by atoms with van der Waals surface area (Å²) in [6.45, 7) is 1.92. The van der Waals surface area contributed by atoms with Gasteiger partial charge in [0.05, 0.1) is 5.56 Å². The van der Waals surface area contributed by atoms with Gasteiger partial charge in [-0.25, -0.2) is 9.18 Å². The third kappa shape index (κ3) is 2.33. The van der Waals surface area contributed by atoms with E-state index in [1.54, 1.807) is 6.07 Å². The predicted octanol–water partition coefficient (Wildman–Crippen LogP) is 3.50. The number of aromatic carboxylic acids is 1. The monoisotopic (exact) mass is 230 g/mol. The molecule has 2 aromatic carbocycles. The van der Waals surface area contributed by atoms with Crippen molar-refractivity contribution in [3.8, 4) is 11.1 Å². The maximum absolute atomic E-state index is 13.8. The molecule has 0 amide bonds. The van der Waals surface area contributed by atoms with Gasteiger partial charge in [0, 0.05) is 5.56 Å². The normalized spacial score (nSPS) is 10.2. The number of carbonyl (C=O) groups is 1. The Labute approximate surface area is 98.3 Å². The number of hydrogen-bond acceptors (Lipinski definition) is 1. The first-order chi connectivity index (χ1) is 8.08. The van der Waals surface area contributed by atoms with Crippen LogP contribution in [-0.2, 0) is 0 Å². The Hall–Kier alpha value is -2.16. The molecule has 0 heterocycles. The fraction of sp³-hybridized carbons (Fsp3) is 0.0714. The van der Waals surface area contributed by atoms with E-state index >= 15 is 0 Å². The van der Waals surface area contributed by atoms with Crippen molar-refractivity contribution in [1.82, 2.24) is 0 Å². The van der Waals surface area contributed by atoms with Crippen LogP contribution in [0.5, 0.6) is 0 Å². The molecular weight excluding hydrogens is 219 g/mol. The molecule has 0 aliphatic rings. The molecule has 17 heavy (non-hydrogen) atoms. The highest BCUT2D eigenvalue weighted by Gasteiger charge is 2.09. The van der Waals surface area contributed by atoms with Crippen LogP contribution in [0.2, 0.25) is 0 Å². The lowest BCUT2D eigenvalue weighted by Gasteiger charge is -2.05. The topological polar surface area (TPSA) is 37.3 Å². The van der Waals surface area contributed by atoms with Gasteiger partial charge >= 0.3 is 5.97 Å². The first-order valence-corrected chi connectivity index (χ1v) is 5.18. The van der Waals surface area contributed by atoms with Gasteiger partial charge in [0.25, 0.3) is 0 Å². The van der Waals surface area contributed by atoms with Crippen LogP contribution in [-0.4, -0.2) is 11.1 Å². The molecule has 2 aromatic rings. The standard InChI is InChI=1S/C14H11FO2/c1-9-3-2-4-10(7-9)12-6-5-11(14(16)17)8-13(12)15/h2-8H,1H3,(H,16,17). The minimum Gasteiger partial charge on any atom is -0.478 e. The van der Waals surface area contributed by atoms with Crippen LogP contribution in [0.15, 0.2) is 42.5 Å². The van der Waals surface area contributed by atoms with Crippen molar-refractivity contribution >= 4 is 5.97 Å². The Kier molecular flexibility index (Phi) is 2.91. The first kappa shape index (κ1) is 11.3. The molecular formula is C14H11FO2. The highest BCUT2D eigenvalue weighted by Crippen LogP contribution is 2.24. The van der Waals surface area contributed by atoms with Gasteiger partial charge in [0.1, 0.15) is 5.82 Å². The second-order valence-electron chi connectivity index (χ2n) is 3.87. The number of rotatable bonds is 2. The molecule has 86 valence electrons. The van der Waals surface area contributed by atoms with Gasteiger partial charge < -0.3 is 5.11 Å². The lowest BCUT2D eigenvalue weighted by Crippen LogP contribution is -1.97. The van der Waals surface area contributed by atoms with E-state index in [0.29, 0.717) is 5.56 Å². The molecule has 0 aromatic heterocycles. The number of halogens is 1. The number of carboxylic acid groups (broad SMARTS) is 1. The smallest absolute Gasteiger partial charge is 0.335 e. The molecule has 3 heteroatoms. The van der Waals surface area contributed by atoms with Gasteiger partial charge in [-0.2, -0.15) is 0 Å². The highest BCUT2D eigenvalue weighted by molar-refractivity contribution is 5.88. The lowest BCUT2D eigenvalue weighted by atomic mass is 10.0. The van der Waals surface area contributed by atoms with Crippen molar-refractivity contribution in [1.29, 1.82) is 0 Å². The summed E-state index contributed by atoms with van der Waals surface area (Å²) in [4.78, 5) is 10.7. The molecule has 1 N–H and O–H groups in total. The molecule has 0 fully saturated rings. The van der Waals surface area contributed by atoms with Crippen molar-refractivity contribution in [3.05, 3.63) is 59.4 Å². The number of hydrogen-bond donors (Lipinski definition) is 1. The summed E-state index contributed by atoms with van der Waals surface area (Å²) in [5, 5.41) is 8.75. The molecule has 0 aliphatic carbocycles. The molecule has 2 rings (SSSR count). The number of benzene rings is 2. The van der Waals surface area contributed by atoms with E-state index in [9.17, 15) is 9.18 Å². The van der Waals surface area contributed by atoms with E-state index in [2.05, 4.69) is 0 Å². The van der Waals surface area contributed by atoms with Crippen molar-refractivity contribution in [2.45, 2.75) is 6.92 Å². The minimum atomic E-state index is -1.13. The molecule has 0 spiro atoms. The van der Waals surface area contributed by atoms with Crippen LogP contribution in [0.3, 0.4) is 0 Å². The van der Waals surface area contributed by atoms with Crippen LogP contribution in [0, 0.1) is 12.7 Å². The Bertz CT molecular complexity index is 576. The molecule has 2 nitrogen and oxygen atoms in total. The fourth-order valence-electron chi connectivity index (χ4n) is 1.69. The summed E-state index contributed by atoms with van der Waals surface area (Å²) in [6.07, 6.45) is 0. The van der Waals surface area contributed by atoms with Crippen LogP contribution < -0.4 is 0 Å². The summed E-state index contributed by atoms with van der Waals surface area (Å²) in [5.41, 5.74) is 2.15. The van der Waals surface area contributed by atoms with Crippen LogP contribution in [0.1, 0.15) is 15.9 Å². The molecule has 0 atom stereocenters. The molecule has 0 aliphatic heterocycles. The molecule has 0 saturated carbocycles. The largest absolute Gasteiger partial charge is 0.478 e. The van der Waals surface area contributed by atoms with E-state index in [4.69, 9.17) is 5.11 Å². The zero-order valence-corrected chi connectivity index (χ0v) is 9.27. The van der Waals surface area contributed by atoms with E-state index in [1.165, 1.54) is 12.1 Å². The zero-order valence-electron chi connectivity index (χ0n) is 9.27. The average Bonchev–Trinajstić information content (AvgIpc) is 2.28. The maximum Gasteiger partial charge on any atom is 0.335 e. The van der Waals surface area contributed by atoms with Crippen molar-refractivity contribution < 1.29 is 14.3 Å². The van der Waals surface area contributed by atoms with Crippen LogP contribution in [0.25, 0.3) is 11.1 Å². The quantitative estimate of drug-likeness (QED) is 0.857. The van der Waals surface area contributed by atoms with Gasteiger partial charge in [-0.15, -0.1) is 0 Å². The van der Waals surface area contributed by atoms with Gasteiger partial charge in [-0.05, 0) is 24.6 Å². The zero-order chi connectivity index (χ0) is 12.4. The highest BCUT2D eigenvalue weighted by atomic mass is 19.1. The van der Waals surface area contributed by atoms with E-state index in [1.807, 2.05) is 25.1 Å². The molecule has 0 unspecified atom stereocenters. The third-order valence-electron chi connectivity index (χ3n) is 2.55. The van der Waals surface area contributed by atoms with Crippen molar-refractivity contribution in [3.63, 3.8) is 0 Å². The van der Waals surface area contributed by atoms with Crippen LogP contribution >= 0.6 is 0 Å². The van der Waals surface area contributed by atoms with Crippen molar-refractivity contribution in [2.75, 3.05) is 0 Å². The second-order valence-corrected chi connectivity index (χ2v) is 3.87. The maximum atomic E-state index is 13.8. The third-order valence-corrected chi connectivity index (χ3v) is 2.55. The Morgan fingerprint density at radius 2 is 1.94 bits per heavy atom. The SMILES string of the molecule is Cc1cccc(-c2ccc(C(=O)O)cc2F)c1. The lowest BCUT2D eigenvalue weighted by molar-refractivity contribution is 0.0696. The average molecular weight is 230 g/mol. The Morgan fingerprint density at radius 1 is 1.18 bits per heavy atom.